The first-order valence-electron chi connectivity index (χ1n) is 6.08. The molecule has 0 unspecified atom stereocenters. The lowest BCUT2D eigenvalue weighted by molar-refractivity contribution is 0.0287. The van der Waals surface area contributed by atoms with E-state index in [-0.39, 0.29) is 6.09 Å². The van der Waals surface area contributed by atoms with Gasteiger partial charge in [-0.15, -0.1) is 0 Å². The molecule has 1 aliphatic heterocycles. The van der Waals surface area contributed by atoms with Crippen LogP contribution >= 0.6 is 0 Å². The van der Waals surface area contributed by atoms with Gasteiger partial charge in [0.2, 0.25) is 0 Å². The highest BCUT2D eigenvalue weighted by atomic mass is 16.6. The number of likely N-dealkylation sites (tertiary alicyclic amines) is 1. The summed E-state index contributed by atoms with van der Waals surface area (Å²) in [5, 5.41) is 0. The van der Waals surface area contributed by atoms with Crippen molar-refractivity contribution in [3.63, 3.8) is 0 Å². The molecule has 1 heterocycles. The van der Waals surface area contributed by atoms with Gasteiger partial charge in [-0.05, 0) is 51.5 Å². The number of nitrogens with zero attached hydrogens (tertiary/aromatic N) is 1. The van der Waals surface area contributed by atoms with Crippen LogP contribution < -0.4 is 5.73 Å². The van der Waals surface area contributed by atoms with Crippen molar-refractivity contribution in [2.45, 2.75) is 32.8 Å². The van der Waals surface area contributed by atoms with Crippen molar-refractivity contribution in [2.75, 3.05) is 19.6 Å². The maximum Gasteiger partial charge on any atom is 0.410 e. The summed E-state index contributed by atoms with van der Waals surface area (Å²) in [4.78, 5) is 13.7. The zero-order valence-electron chi connectivity index (χ0n) is 10.4. The van der Waals surface area contributed by atoms with Gasteiger partial charge in [0.25, 0.3) is 0 Å². The predicted octanol–water partition coefficient (Wildman–Crippen LogP) is 1.45. The van der Waals surface area contributed by atoms with E-state index in [1.807, 2.05) is 25.7 Å². The molecular formula is C12H22N2O2. The van der Waals surface area contributed by atoms with Gasteiger partial charge in [-0.2, -0.15) is 0 Å². The number of fused-ring (bicyclic) bond motifs is 1. The molecule has 2 aliphatic rings. The molecule has 1 aliphatic carbocycles. The second-order valence-electron chi connectivity index (χ2n) is 6.04. The lowest BCUT2D eigenvalue weighted by atomic mass is 9.67. The fraction of sp³-hybridized carbons (Fsp3) is 0.917. The highest BCUT2D eigenvalue weighted by Gasteiger charge is 2.48. The second kappa shape index (κ2) is 3.91. The predicted molar refractivity (Wildman–Crippen MR) is 61.9 cm³/mol. The van der Waals surface area contributed by atoms with Crippen LogP contribution in [0.25, 0.3) is 0 Å². The molecule has 4 heteroatoms. The van der Waals surface area contributed by atoms with Gasteiger partial charge in [-0.25, -0.2) is 4.79 Å². The standard InChI is InChI=1S/C12H22N2O2/c1-12(2,3)16-11(15)14-6-9-4-8(5-13)10(9)7-14/h8-10H,4-7,13H2,1-3H3/t8-,9-,10-/m0/s1. The van der Waals surface area contributed by atoms with Gasteiger partial charge in [-0.3, -0.25) is 0 Å². The van der Waals surface area contributed by atoms with Gasteiger partial charge in [0.15, 0.2) is 0 Å². The summed E-state index contributed by atoms with van der Waals surface area (Å²) in [7, 11) is 0. The first-order chi connectivity index (χ1) is 7.40. The normalized spacial score (nSPS) is 33.2. The van der Waals surface area contributed by atoms with Crippen molar-refractivity contribution in [3.05, 3.63) is 0 Å². The average molecular weight is 226 g/mol. The number of carbonyl (C=O) groups excluding carboxylic acids is 1. The summed E-state index contributed by atoms with van der Waals surface area (Å²) in [5.41, 5.74) is 5.28. The molecule has 92 valence electrons. The Morgan fingerprint density at radius 3 is 2.69 bits per heavy atom. The third kappa shape index (κ3) is 2.17. The van der Waals surface area contributed by atoms with E-state index in [1.165, 1.54) is 6.42 Å². The molecule has 4 nitrogen and oxygen atoms in total. The largest absolute Gasteiger partial charge is 0.444 e. The van der Waals surface area contributed by atoms with Crippen molar-refractivity contribution in [1.82, 2.24) is 4.90 Å². The second-order valence-corrected chi connectivity index (χ2v) is 6.04. The summed E-state index contributed by atoms with van der Waals surface area (Å²) < 4.78 is 5.37. The number of nitrogens with two attached hydrogens (primary N) is 1. The summed E-state index contributed by atoms with van der Waals surface area (Å²) in [6, 6.07) is 0. The molecule has 3 atom stereocenters. The van der Waals surface area contributed by atoms with Crippen molar-refractivity contribution >= 4 is 6.09 Å². The number of rotatable bonds is 1. The molecular weight excluding hydrogens is 204 g/mol. The lowest BCUT2D eigenvalue weighted by Gasteiger charge is -2.38. The van der Waals surface area contributed by atoms with Crippen LogP contribution in [0.15, 0.2) is 0 Å². The van der Waals surface area contributed by atoms with Gasteiger partial charge in [0.05, 0.1) is 0 Å². The Hall–Kier alpha value is -0.770. The van der Waals surface area contributed by atoms with E-state index in [4.69, 9.17) is 10.5 Å². The minimum Gasteiger partial charge on any atom is -0.444 e. The Bertz CT molecular complexity index is 285. The number of hydrogen-bond acceptors (Lipinski definition) is 3. The van der Waals surface area contributed by atoms with Crippen LogP contribution in [0, 0.1) is 17.8 Å². The Morgan fingerprint density at radius 2 is 2.12 bits per heavy atom. The highest BCUT2D eigenvalue weighted by Crippen LogP contribution is 2.45. The molecule has 0 spiro atoms. The van der Waals surface area contributed by atoms with Crippen LogP contribution in [0.3, 0.4) is 0 Å². The quantitative estimate of drug-likeness (QED) is 0.736. The lowest BCUT2D eigenvalue weighted by Crippen LogP contribution is -2.40. The first-order valence-corrected chi connectivity index (χ1v) is 6.08. The molecule has 0 aromatic heterocycles. The zero-order valence-corrected chi connectivity index (χ0v) is 10.4. The van der Waals surface area contributed by atoms with E-state index in [9.17, 15) is 4.79 Å². The third-order valence-electron chi connectivity index (χ3n) is 3.66. The molecule has 1 amide bonds. The first kappa shape index (κ1) is 11.7. The highest BCUT2D eigenvalue weighted by molar-refractivity contribution is 5.68. The Morgan fingerprint density at radius 1 is 1.44 bits per heavy atom. The number of ether oxygens (including phenoxy) is 1. The van der Waals surface area contributed by atoms with E-state index in [0.717, 1.165) is 19.6 Å². The SMILES string of the molecule is CC(C)(C)OC(=O)N1C[C@@H]2C[C@@H](CN)[C@@H]2C1. The van der Waals surface area contributed by atoms with E-state index >= 15 is 0 Å². The number of carbonyl (C=O) groups is 1. The minimum absolute atomic E-state index is 0.169. The number of hydrogen-bond donors (Lipinski definition) is 1. The summed E-state index contributed by atoms with van der Waals surface area (Å²) in [6.07, 6.45) is 1.01. The molecule has 1 saturated carbocycles. The zero-order chi connectivity index (χ0) is 11.9. The smallest absolute Gasteiger partial charge is 0.410 e. The molecule has 0 aromatic carbocycles. The Balaban J connectivity index is 1.87. The molecule has 2 N–H and O–H groups in total. The van der Waals surface area contributed by atoms with E-state index in [0.29, 0.717) is 17.8 Å². The van der Waals surface area contributed by atoms with Crippen molar-refractivity contribution < 1.29 is 9.53 Å². The van der Waals surface area contributed by atoms with Gasteiger partial charge in [0, 0.05) is 13.1 Å². The van der Waals surface area contributed by atoms with Gasteiger partial charge in [-0.1, -0.05) is 0 Å². The molecule has 1 saturated heterocycles. The van der Waals surface area contributed by atoms with Crippen LogP contribution in [0.5, 0.6) is 0 Å². The van der Waals surface area contributed by atoms with Crippen LogP contribution in [-0.4, -0.2) is 36.2 Å². The summed E-state index contributed by atoms with van der Waals surface area (Å²) in [6.45, 7) is 8.15. The van der Waals surface area contributed by atoms with E-state index in [2.05, 4.69) is 0 Å². The van der Waals surface area contributed by atoms with Gasteiger partial charge < -0.3 is 15.4 Å². The van der Waals surface area contributed by atoms with E-state index < -0.39 is 5.60 Å². The van der Waals surface area contributed by atoms with Crippen LogP contribution in [0.1, 0.15) is 27.2 Å². The van der Waals surface area contributed by atoms with Crippen molar-refractivity contribution in [2.24, 2.45) is 23.5 Å². The summed E-state index contributed by atoms with van der Waals surface area (Å²) in [5.74, 6) is 1.91. The average Bonchev–Trinajstić information content (AvgIpc) is 2.43. The van der Waals surface area contributed by atoms with E-state index in [1.54, 1.807) is 0 Å². The number of amides is 1. The molecule has 2 rings (SSSR count). The Kier molecular flexibility index (Phi) is 2.86. The van der Waals surface area contributed by atoms with Crippen molar-refractivity contribution in [3.8, 4) is 0 Å². The topological polar surface area (TPSA) is 55.6 Å². The molecule has 0 bridgehead atoms. The van der Waals surface area contributed by atoms with Crippen LogP contribution in [-0.2, 0) is 4.74 Å². The maximum atomic E-state index is 11.8. The van der Waals surface area contributed by atoms with Gasteiger partial charge >= 0.3 is 6.09 Å². The van der Waals surface area contributed by atoms with Gasteiger partial charge in [0.1, 0.15) is 5.60 Å². The Labute approximate surface area is 97.1 Å². The maximum absolute atomic E-state index is 11.8. The molecule has 0 radical (unpaired) electrons. The van der Waals surface area contributed by atoms with Crippen LogP contribution in [0.4, 0.5) is 4.79 Å². The van der Waals surface area contributed by atoms with Crippen LogP contribution in [0.2, 0.25) is 0 Å². The fourth-order valence-electron chi connectivity index (χ4n) is 2.79. The fourth-order valence-corrected chi connectivity index (χ4v) is 2.79. The molecule has 2 fully saturated rings. The molecule has 0 aromatic rings. The monoisotopic (exact) mass is 226 g/mol. The molecule has 16 heavy (non-hydrogen) atoms. The van der Waals surface area contributed by atoms with Crippen molar-refractivity contribution in [1.29, 1.82) is 0 Å². The summed E-state index contributed by atoms with van der Waals surface area (Å²) >= 11 is 0. The third-order valence-corrected chi connectivity index (χ3v) is 3.66. The minimum atomic E-state index is -0.397.